The summed E-state index contributed by atoms with van der Waals surface area (Å²) in [6.45, 7) is 12.3. The monoisotopic (exact) mass is 583 g/mol. The molecule has 2 aromatic heterocycles. The van der Waals surface area contributed by atoms with Crippen LogP contribution in [-0.4, -0.2) is 19.5 Å². The first-order valence-corrected chi connectivity index (χ1v) is 15.2. The summed E-state index contributed by atoms with van der Waals surface area (Å²) in [5.41, 5.74) is 13.9. The van der Waals surface area contributed by atoms with E-state index in [0.29, 0.717) is 23.0 Å². The van der Waals surface area contributed by atoms with E-state index in [4.69, 9.17) is 9.97 Å². The molecule has 5 nitrogen and oxygen atoms in total. The van der Waals surface area contributed by atoms with Gasteiger partial charge in [-0.25, -0.2) is 15.0 Å². The van der Waals surface area contributed by atoms with E-state index < -0.39 is 0 Å². The van der Waals surface area contributed by atoms with Crippen molar-refractivity contribution in [2.75, 3.05) is 0 Å². The lowest BCUT2D eigenvalue weighted by molar-refractivity contribution is 0.926. The Morgan fingerprint density at radius 2 is 1.00 bits per heavy atom. The fraction of sp³-hybridized carbons (Fsp3) is 0.150. The molecule has 0 unspecified atom stereocenters. The molecule has 0 N–H and O–H groups in total. The standard InChI is InChI=1S/C40H33N5/c1-23-13-24(2)16-32(15-23)30-8-11-34-35-12-9-31(33-17-25(3)14-26(4)18-33)21-39(35)45(38(34)20-30)37-19-29(22-41)7-10-36(37)40-43-27(5)42-28(6)44-40/h7-21H,1-6H3. The first-order valence-electron chi connectivity index (χ1n) is 15.2. The van der Waals surface area contributed by atoms with Crippen molar-refractivity contribution in [3.8, 4) is 45.4 Å². The van der Waals surface area contributed by atoms with Crippen molar-refractivity contribution in [1.29, 1.82) is 5.26 Å². The van der Waals surface area contributed by atoms with Gasteiger partial charge in [-0.3, -0.25) is 0 Å². The van der Waals surface area contributed by atoms with Crippen LogP contribution in [-0.2, 0) is 0 Å². The van der Waals surface area contributed by atoms with Crippen LogP contribution in [0.2, 0.25) is 0 Å². The highest BCUT2D eigenvalue weighted by molar-refractivity contribution is 6.11. The summed E-state index contributed by atoms with van der Waals surface area (Å²) < 4.78 is 2.29. The average Bonchev–Trinajstić information content (AvgIpc) is 3.32. The molecule has 7 rings (SSSR count). The SMILES string of the molecule is Cc1cc(C)cc(-c2ccc3c4ccc(-c5cc(C)cc(C)c5)cc4n(-c4cc(C#N)ccc4-c4nc(C)nc(C)n4)c3c2)c1. The highest BCUT2D eigenvalue weighted by Crippen LogP contribution is 2.39. The second kappa shape index (κ2) is 10.8. The summed E-state index contributed by atoms with van der Waals surface area (Å²) in [4.78, 5) is 13.9. The molecule has 0 aliphatic carbocycles. The molecular formula is C40H33N5. The van der Waals surface area contributed by atoms with Crippen LogP contribution in [0.15, 0.2) is 91.0 Å². The summed E-state index contributed by atoms with van der Waals surface area (Å²) in [5, 5.41) is 12.3. The molecule has 2 heterocycles. The highest BCUT2D eigenvalue weighted by atomic mass is 15.0. The Kier molecular flexibility index (Phi) is 6.79. The summed E-state index contributed by atoms with van der Waals surface area (Å²) in [6, 6.07) is 34.9. The number of hydrogen-bond donors (Lipinski definition) is 0. The van der Waals surface area contributed by atoms with Crippen molar-refractivity contribution < 1.29 is 0 Å². The molecule has 0 atom stereocenters. The number of benzene rings is 5. The van der Waals surface area contributed by atoms with Gasteiger partial charge in [-0.1, -0.05) is 82.9 Å². The number of aromatic nitrogens is 4. The molecule has 7 aromatic rings. The second-order valence-corrected chi connectivity index (χ2v) is 12.1. The average molecular weight is 584 g/mol. The van der Waals surface area contributed by atoms with Gasteiger partial charge in [0.05, 0.1) is 28.4 Å². The molecule has 0 aliphatic heterocycles. The predicted molar refractivity (Wildman–Crippen MR) is 184 cm³/mol. The Labute approximate surface area is 263 Å². The smallest absolute Gasteiger partial charge is 0.165 e. The van der Waals surface area contributed by atoms with Crippen molar-refractivity contribution in [3.63, 3.8) is 0 Å². The van der Waals surface area contributed by atoms with Crippen LogP contribution in [0.5, 0.6) is 0 Å². The first kappa shape index (κ1) is 28.2. The molecule has 0 saturated heterocycles. The molecule has 0 spiro atoms. The molecule has 45 heavy (non-hydrogen) atoms. The van der Waals surface area contributed by atoms with E-state index in [1.807, 2.05) is 32.0 Å². The van der Waals surface area contributed by atoms with E-state index in [9.17, 15) is 5.26 Å². The van der Waals surface area contributed by atoms with Crippen LogP contribution < -0.4 is 0 Å². The minimum Gasteiger partial charge on any atom is -0.308 e. The zero-order chi connectivity index (χ0) is 31.4. The summed E-state index contributed by atoms with van der Waals surface area (Å²) >= 11 is 0. The number of fused-ring (bicyclic) bond motifs is 3. The zero-order valence-corrected chi connectivity index (χ0v) is 26.4. The third-order valence-electron chi connectivity index (χ3n) is 8.35. The van der Waals surface area contributed by atoms with E-state index in [1.54, 1.807) is 0 Å². The van der Waals surface area contributed by atoms with E-state index in [1.165, 1.54) is 33.4 Å². The molecule has 0 saturated carbocycles. The lowest BCUT2D eigenvalue weighted by Gasteiger charge is -2.15. The van der Waals surface area contributed by atoms with Crippen LogP contribution in [0.4, 0.5) is 0 Å². The van der Waals surface area contributed by atoms with Gasteiger partial charge in [0.15, 0.2) is 5.82 Å². The first-order chi connectivity index (χ1) is 21.7. The highest BCUT2D eigenvalue weighted by Gasteiger charge is 2.20. The van der Waals surface area contributed by atoms with Gasteiger partial charge in [-0.2, -0.15) is 5.26 Å². The van der Waals surface area contributed by atoms with Crippen LogP contribution in [0.3, 0.4) is 0 Å². The van der Waals surface area contributed by atoms with Gasteiger partial charge in [0, 0.05) is 16.3 Å². The zero-order valence-electron chi connectivity index (χ0n) is 26.4. The summed E-state index contributed by atoms with van der Waals surface area (Å²) in [7, 11) is 0. The second-order valence-electron chi connectivity index (χ2n) is 12.1. The van der Waals surface area contributed by atoms with Gasteiger partial charge >= 0.3 is 0 Å². The van der Waals surface area contributed by atoms with Crippen molar-refractivity contribution in [2.45, 2.75) is 41.5 Å². The van der Waals surface area contributed by atoms with Crippen molar-refractivity contribution >= 4 is 21.8 Å². The van der Waals surface area contributed by atoms with Gasteiger partial charge in [0.1, 0.15) is 11.6 Å². The third-order valence-corrected chi connectivity index (χ3v) is 8.35. The molecule has 0 aliphatic rings. The third kappa shape index (κ3) is 5.15. The summed E-state index contributed by atoms with van der Waals surface area (Å²) in [5.74, 6) is 1.90. The molecule has 5 aromatic carbocycles. The van der Waals surface area contributed by atoms with Gasteiger partial charge in [0.25, 0.3) is 0 Å². The molecule has 0 amide bonds. The van der Waals surface area contributed by atoms with Crippen molar-refractivity contribution in [2.24, 2.45) is 0 Å². The maximum atomic E-state index is 10.0. The van der Waals surface area contributed by atoms with Crippen molar-refractivity contribution in [1.82, 2.24) is 19.5 Å². The summed E-state index contributed by atoms with van der Waals surface area (Å²) in [6.07, 6.45) is 0. The molecular weight excluding hydrogens is 550 g/mol. The van der Waals surface area contributed by atoms with Crippen molar-refractivity contribution in [3.05, 3.63) is 130 Å². The fourth-order valence-corrected chi connectivity index (χ4v) is 6.63. The number of aryl methyl sites for hydroxylation is 6. The van der Waals surface area contributed by atoms with Gasteiger partial charge in [-0.15, -0.1) is 0 Å². The van der Waals surface area contributed by atoms with Gasteiger partial charge in [0.2, 0.25) is 0 Å². The Morgan fingerprint density at radius 1 is 0.511 bits per heavy atom. The predicted octanol–water partition coefficient (Wildman–Crippen LogP) is 9.69. The number of nitriles is 1. The number of rotatable bonds is 4. The van der Waals surface area contributed by atoms with E-state index >= 15 is 0 Å². The Bertz CT molecular complexity index is 2180. The van der Waals surface area contributed by atoms with Crippen LogP contribution in [0, 0.1) is 52.9 Å². The van der Waals surface area contributed by atoms with Crippen LogP contribution in [0.25, 0.3) is 61.1 Å². The maximum absolute atomic E-state index is 10.0. The Morgan fingerprint density at radius 3 is 1.47 bits per heavy atom. The molecule has 0 fully saturated rings. The Balaban J connectivity index is 1.60. The minimum absolute atomic E-state index is 0.571. The minimum atomic E-state index is 0.571. The molecule has 0 radical (unpaired) electrons. The lowest BCUT2D eigenvalue weighted by atomic mass is 9.98. The van der Waals surface area contributed by atoms with Gasteiger partial charge in [-0.05, 0) is 94.1 Å². The normalized spacial score (nSPS) is 11.3. The van der Waals surface area contributed by atoms with Crippen LogP contribution >= 0.6 is 0 Å². The Hall–Kier alpha value is -5.60. The van der Waals surface area contributed by atoms with Gasteiger partial charge < -0.3 is 4.57 Å². The maximum Gasteiger partial charge on any atom is 0.165 e. The fourth-order valence-electron chi connectivity index (χ4n) is 6.63. The van der Waals surface area contributed by atoms with E-state index in [-0.39, 0.29) is 0 Å². The van der Waals surface area contributed by atoms with Crippen LogP contribution in [0.1, 0.15) is 39.5 Å². The number of nitrogens with zero attached hydrogens (tertiary/aromatic N) is 5. The lowest BCUT2D eigenvalue weighted by Crippen LogP contribution is -2.04. The van der Waals surface area contributed by atoms with E-state index in [0.717, 1.165) is 44.2 Å². The molecule has 218 valence electrons. The molecule has 5 heteroatoms. The largest absolute Gasteiger partial charge is 0.308 e. The molecule has 0 bridgehead atoms. The van der Waals surface area contributed by atoms with E-state index in [2.05, 4.69) is 116 Å². The quantitative estimate of drug-likeness (QED) is 0.207. The topological polar surface area (TPSA) is 67.4 Å². The number of hydrogen-bond acceptors (Lipinski definition) is 4.